The van der Waals surface area contributed by atoms with Gasteiger partial charge in [-0.2, -0.15) is 0 Å². The molecule has 0 atom stereocenters. The van der Waals surface area contributed by atoms with Gasteiger partial charge in [-0.3, -0.25) is 14.5 Å². The van der Waals surface area contributed by atoms with Gasteiger partial charge >= 0.3 is 0 Å². The molecule has 0 aliphatic carbocycles. The van der Waals surface area contributed by atoms with Gasteiger partial charge in [0.25, 0.3) is 0 Å². The van der Waals surface area contributed by atoms with E-state index in [9.17, 15) is 9.59 Å². The number of amides is 2. The molecule has 2 amide bonds. The first-order valence-corrected chi connectivity index (χ1v) is 8.80. The largest absolute Gasteiger partial charge is 0.325 e. The molecule has 0 radical (unpaired) electrons. The molecule has 5 nitrogen and oxygen atoms in total. The summed E-state index contributed by atoms with van der Waals surface area (Å²) in [5.74, 6) is -0.374. The smallest absolute Gasteiger partial charge is 0.238 e. The fraction of sp³-hybridized carbons (Fsp3) is 0.222. The van der Waals surface area contributed by atoms with E-state index in [1.165, 1.54) is 0 Å². The second-order valence-electron chi connectivity index (χ2n) is 5.74. The van der Waals surface area contributed by atoms with Crippen molar-refractivity contribution >= 4 is 50.7 Å². The van der Waals surface area contributed by atoms with Gasteiger partial charge in [0.05, 0.1) is 13.1 Å². The molecule has 0 heterocycles. The first kappa shape index (κ1) is 19.4. The molecular weight excluding hydrogens is 406 g/mol. The summed E-state index contributed by atoms with van der Waals surface area (Å²) in [5, 5.41) is 6.19. The third kappa shape index (κ3) is 6.49. The lowest BCUT2D eigenvalue weighted by Crippen LogP contribution is -2.36. The van der Waals surface area contributed by atoms with Crippen LogP contribution in [0, 0.1) is 6.92 Å². The molecule has 2 aromatic carbocycles. The predicted molar refractivity (Wildman–Crippen MR) is 105 cm³/mol. The van der Waals surface area contributed by atoms with E-state index in [0.29, 0.717) is 10.7 Å². The Morgan fingerprint density at radius 1 is 1.00 bits per heavy atom. The Bertz CT molecular complexity index is 765. The molecule has 132 valence electrons. The zero-order chi connectivity index (χ0) is 18.4. The van der Waals surface area contributed by atoms with Gasteiger partial charge in [-0.15, -0.1) is 0 Å². The van der Waals surface area contributed by atoms with Crippen molar-refractivity contribution in [2.75, 3.05) is 30.8 Å². The molecule has 0 saturated heterocycles. The van der Waals surface area contributed by atoms with E-state index >= 15 is 0 Å². The van der Waals surface area contributed by atoms with Crippen LogP contribution in [0.25, 0.3) is 0 Å². The number of hydrogen-bond acceptors (Lipinski definition) is 3. The fourth-order valence-electron chi connectivity index (χ4n) is 2.20. The number of nitrogens with zero attached hydrogens (tertiary/aromatic N) is 1. The minimum Gasteiger partial charge on any atom is -0.325 e. The number of anilines is 2. The number of rotatable bonds is 6. The molecule has 2 N–H and O–H groups in total. The average Bonchev–Trinajstić information content (AvgIpc) is 2.52. The summed E-state index contributed by atoms with van der Waals surface area (Å²) < 4.78 is 0.987. The van der Waals surface area contributed by atoms with Crippen LogP contribution in [0.2, 0.25) is 5.02 Å². The van der Waals surface area contributed by atoms with E-state index in [2.05, 4.69) is 26.6 Å². The van der Waals surface area contributed by atoms with Crippen molar-refractivity contribution in [1.29, 1.82) is 0 Å². The van der Waals surface area contributed by atoms with Gasteiger partial charge in [0.15, 0.2) is 0 Å². The molecule has 2 rings (SSSR count). The molecule has 0 aliphatic rings. The van der Waals surface area contributed by atoms with Crippen molar-refractivity contribution in [1.82, 2.24) is 4.90 Å². The van der Waals surface area contributed by atoms with Crippen molar-refractivity contribution in [2.24, 2.45) is 0 Å². The maximum absolute atomic E-state index is 12.1. The Hall–Kier alpha value is -1.89. The highest BCUT2D eigenvalue weighted by molar-refractivity contribution is 9.10. The van der Waals surface area contributed by atoms with Gasteiger partial charge in [-0.1, -0.05) is 27.5 Å². The number of carbonyl (C=O) groups excluding carboxylic acids is 2. The zero-order valence-electron chi connectivity index (χ0n) is 14.0. The van der Waals surface area contributed by atoms with E-state index in [1.54, 1.807) is 36.2 Å². The Labute approximate surface area is 160 Å². The molecule has 7 heteroatoms. The zero-order valence-corrected chi connectivity index (χ0v) is 16.3. The van der Waals surface area contributed by atoms with Gasteiger partial charge in [-0.05, 0) is 62.0 Å². The third-order valence-electron chi connectivity index (χ3n) is 3.40. The summed E-state index contributed by atoms with van der Waals surface area (Å²) >= 11 is 9.23. The highest BCUT2D eigenvalue weighted by Gasteiger charge is 2.11. The SMILES string of the molecule is Cc1cc(NC(=O)CN(C)CC(=O)Nc2ccc(Cl)cc2)ccc1Br. The lowest BCUT2D eigenvalue weighted by Gasteiger charge is -2.16. The first-order chi connectivity index (χ1) is 11.8. The lowest BCUT2D eigenvalue weighted by atomic mass is 10.2. The monoisotopic (exact) mass is 423 g/mol. The molecule has 0 aliphatic heterocycles. The summed E-state index contributed by atoms with van der Waals surface area (Å²) in [6, 6.07) is 12.4. The van der Waals surface area contributed by atoms with Crippen LogP contribution in [0.1, 0.15) is 5.56 Å². The van der Waals surface area contributed by atoms with Gasteiger partial charge in [-0.25, -0.2) is 0 Å². The van der Waals surface area contributed by atoms with Crippen LogP contribution >= 0.6 is 27.5 Å². The minimum atomic E-state index is -0.197. The highest BCUT2D eigenvalue weighted by Crippen LogP contribution is 2.20. The Morgan fingerprint density at radius 2 is 1.52 bits per heavy atom. The predicted octanol–water partition coefficient (Wildman–Crippen LogP) is 3.92. The Morgan fingerprint density at radius 3 is 2.08 bits per heavy atom. The lowest BCUT2D eigenvalue weighted by molar-refractivity contribution is -0.119. The maximum atomic E-state index is 12.1. The van der Waals surface area contributed by atoms with E-state index < -0.39 is 0 Å². The summed E-state index contributed by atoms with van der Waals surface area (Å²) in [6.07, 6.45) is 0. The minimum absolute atomic E-state index is 0.107. The Kier molecular flexibility index (Phi) is 6.99. The van der Waals surface area contributed by atoms with Gasteiger partial charge in [0, 0.05) is 20.9 Å². The van der Waals surface area contributed by atoms with Crippen molar-refractivity contribution in [3.05, 3.63) is 57.5 Å². The van der Waals surface area contributed by atoms with Crippen LogP contribution in [-0.2, 0) is 9.59 Å². The van der Waals surface area contributed by atoms with Crippen molar-refractivity contribution in [3.8, 4) is 0 Å². The standard InChI is InChI=1S/C18H19BrClN3O2/c1-12-9-15(7-8-16(12)19)22-18(25)11-23(2)10-17(24)21-14-5-3-13(20)4-6-14/h3-9H,10-11H2,1-2H3,(H,21,24)(H,22,25). The summed E-state index contributed by atoms with van der Waals surface area (Å²) in [5.41, 5.74) is 2.43. The topological polar surface area (TPSA) is 61.4 Å². The van der Waals surface area contributed by atoms with Crippen LogP contribution < -0.4 is 10.6 Å². The van der Waals surface area contributed by atoms with Crippen LogP contribution in [0.4, 0.5) is 11.4 Å². The maximum Gasteiger partial charge on any atom is 0.238 e. The molecular formula is C18H19BrClN3O2. The number of halogens is 2. The van der Waals surface area contributed by atoms with Crippen molar-refractivity contribution < 1.29 is 9.59 Å². The number of aryl methyl sites for hydroxylation is 1. The number of hydrogen-bond donors (Lipinski definition) is 2. The van der Waals surface area contributed by atoms with Gasteiger partial charge in [0.2, 0.25) is 11.8 Å². The van der Waals surface area contributed by atoms with Crippen LogP contribution in [0.15, 0.2) is 46.9 Å². The van der Waals surface area contributed by atoms with Crippen LogP contribution in [0.3, 0.4) is 0 Å². The normalized spacial score (nSPS) is 10.6. The van der Waals surface area contributed by atoms with Gasteiger partial charge < -0.3 is 10.6 Å². The second-order valence-corrected chi connectivity index (χ2v) is 7.03. The van der Waals surface area contributed by atoms with E-state index in [-0.39, 0.29) is 24.9 Å². The number of benzene rings is 2. The summed E-state index contributed by atoms with van der Waals surface area (Å²) in [4.78, 5) is 25.7. The molecule has 0 spiro atoms. The molecule has 2 aromatic rings. The van der Waals surface area contributed by atoms with E-state index in [0.717, 1.165) is 15.7 Å². The van der Waals surface area contributed by atoms with E-state index in [1.807, 2.05) is 25.1 Å². The molecule has 0 saturated carbocycles. The highest BCUT2D eigenvalue weighted by atomic mass is 79.9. The fourth-order valence-corrected chi connectivity index (χ4v) is 2.58. The molecule has 0 aromatic heterocycles. The van der Waals surface area contributed by atoms with Crippen molar-refractivity contribution in [3.63, 3.8) is 0 Å². The molecule has 0 bridgehead atoms. The molecule has 25 heavy (non-hydrogen) atoms. The quantitative estimate of drug-likeness (QED) is 0.739. The summed E-state index contributed by atoms with van der Waals surface area (Å²) in [7, 11) is 1.72. The third-order valence-corrected chi connectivity index (χ3v) is 4.54. The first-order valence-electron chi connectivity index (χ1n) is 7.63. The average molecular weight is 425 g/mol. The summed E-state index contributed by atoms with van der Waals surface area (Å²) in [6.45, 7) is 2.17. The number of nitrogens with one attached hydrogen (secondary N) is 2. The molecule has 0 unspecified atom stereocenters. The number of carbonyl (C=O) groups is 2. The number of likely N-dealkylation sites (N-methyl/N-ethyl adjacent to an activating group) is 1. The van der Waals surface area contributed by atoms with Gasteiger partial charge in [0.1, 0.15) is 0 Å². The van der Waals surface area contributed by atoms with Crippen molar-refractivity contribution in [2.45, 2.75) is 6.92 Å². The molecule has 0 fully saturated rings. The second kappa shape index (κ2) is 8.99. The van der Waals surface area contributed by atoms with Crippen LogP contribution in [0.5, 0.6) is 0 Å². The Balaban J connectivity index is 1.81. The van der Waals surface area contributed by atoms with Crippen LogP contribution in [-0.4, -0.2) is 36.9 Å². The van der Waals surface area contributed by atoms with E-state index in [4.69, 9.17) is 11.6 Å².